The fourth-order valence-corrected chi connectivity index (χ4v) is 3.53. The number of hydrogen-bond acceptors (Lipinski definition) is 3. The molecule has 0 spiro atoms. The van der Waals surface area contributed by atoms with E-state index >= 15 is 0 Å². The van der Waals surface area contributed by atoms with Gasteiger partial charge in [-0.2, -0.15) is 0 Å². The molecule has 2 N–H and O–H groups in total. The summed E-state index contributed by atoms with van der Waals surface area (Å²) >= 11 is 0. The van der Waals surface area contributed by atoms with Gasteiger partial charge in [0.1, 0.15) is 0 Å². The van der Waals surface area contributed by atoms with Gasteiger partial charge in [0.25, 0.3) is 0 Å². The van der Waals surface area contributed by atoms with Crippen molar-refractivity contribution < 1.29 is 0 Å². The van der Waals surface area contributed by atoms with E-state index in [0.29, 0.717) is 0 Å². The average Bonchev–Trinajstić information content (AvgIpc) is 2.63. The van der Waals surface area contributed by atoms with Crippen molar-refractivity contribution >= 4 is 5.69 Å². The number of rotatable bonds is 2. The minimum atomic E-state index is 0.125. The molecular weight excluding hydrogens is 234 g/mol. The van der Waals surface area contributed by atoms with Crippen molar-refractivity contribution in [3.8, 4) is 0 Å². The van der Waals surface area contributed by atoms with Crippen molar-refractivity contribution in [2.45, 2.75) is 44.3 Å². The number of likely N-dealkylation sites (N-methyl/N-ethyl adjacent to an activating group) is 1. The van der Waals surface area contributed by atoms with Crippen LogP contribution in [0.2, 0.25) is 0 Å². The SMILES string of the molecule is C[C@H](N)c1ccc(N2CCC3CCC(C2)N3C)cc1. The minimum Gasteiger partial charge on any atom is -0.370 e. The number of hydrogen-bond donors (Lipinski definition) is 1. The molecule has 3 rings (SSSR count). The summed E-state index contributed by atoms with van der Waals surface area (Å²) in [5.74, 6) is 0. The van der Waals surface area contributed by atoms with Gasteiger partial charge in [0.2, 0.25) is 0 Å². The van der Waals surface area contributed by atoms with Crippen molar-refractivity contribution in [1.29, 1.82) is 0 Å². The maximum Gasteiger partial charge on any atom is 0.0366 e. The highest BCUT2D eigenvalue weighted by Gasteiger charge is 2.34. The van der Waals surface area contributed by atoms with Crippen molar-refractivity contribution in [3.05, 3.63) is 29.8 Å². The van der Waals surface area contributed by atoms with Crippen LogP contribution in [-0.2, 0) is 0 Å². The van der Waals surface area contributed by atoms with Gasteiger partial charge in [0, 0.05) is 36.9 Å². The standard InChI is InChI=1S/C16H25N3/c1-12(17)13-3-5-15(6-4-13)19-10-9-14-7-8-16(11-19)18(14)2/h3-6,12,14,16H,7-11,17H2,1-2H3/t12-,14?,16?/m0/s1. The lowest BCUT2D eigenvalue weighted by atomic mass is 10.1. The fraction of sp³-hybridized carbons (Fsp3) is 0.625. The molecule has 3 nitrogen and oxygen atoms in total. The third-order valence-corrected chi connectivity index (χ3v) is 4.93. The molecule has 1 aromatic rings. The Hall–Kier alpha value is -1.06. The predicted molar refractivity (Wildman–Crippen MR) is 80.4 cm³/mol. The molecule has 2 saturated heterocycles. The van der Waals surface area contributed by atoms with E-state index in [1.165, 1.54) is 43.6 Å². The zero-order chi connectivity index (χ0) is 13.4. The molecule has 2 unspecified atom stereocenters. The van der Waals surface area contributed by atoms with E-state index < -0.39 is 0 Å². The van der Waals surface area contributed by atoms with Crippen molar-refractivity contribution in [2.75, 3.05) is 25.0 Å². The quantitative estimate of drug-likeness (QED) is 0.885. The van der Waals surface area contributed by atoms with Gasteiger partial charge in [-0.15, -0.1) is 0 Å². The number of benzene rings is 1. The van der Waals surface area contributed by atoms with Gasteiger partial charge in [-0.05, 0) is 50.9 Å². The Morgan fingerprint density at radius 1 is 1.11 bits per heavy atom. The highest BCUT2D eigenvalue weighted by molar-refractivity contribution is 5.48. The summed E-state index contributed by atoms with van der Waals surface area (Å²) in [6.07, 6.45) is 4.04. The molecule has 0 aliphatic carbocycles. The number of nitrogens with two attached hydrogens (primary N) is 1. The third kappa shape index (κ3) is 2.49. The largest absolute Gasteiger partial charge is 0.370 e. The summed E-state index contributed by atoms with van der Waals surface area (Å²) in [5, 5.41) is 0. The van der Waals surface area contributed by atoms with E-state index in [-0.39, 0.29) is 6.04 Å². The third-order valence-electron chi connectivity index (χ3n) is 4.93. The Morgan fingerprint density at radius 3 is 2.47 bits per heavy atom. The molecule has 19 heavy (non-hydrogen) atoms. The molecule has 0 aromatic heterocycles. The van der Waals surface area contributed by atoms with Gasteiger partial charge in [-0.3, -0.25) is 4.90 Å². The summed E-state index contributed by atoms with van der Waals surface area (Å²) in [6, 6.07) is 10.5. The highest BCUT2D eigenvalue weighted by atomic mass is 15.3. The van der Waals surface area contributed by atoms with Crippen LogP contribution in [0.4, 0.5) is 5.69 Å². The summed E-state index contributed by atoms with van der Waals surface area (Å²) in [7, 11) is 2.30. The van der Waals surface area contributed by atoms with Gasteiger partial charge < -0.3 is 10.6 Å². The zero-order valence-corrected chi connectivity index (χ0v) is 12.0. The summed E-state index contributed by atoms with van der Waals surface area (Å²) in [6.45, 7) is 4.39. The first-order valence-corrected chi connectivity index (χ1v) is 7.47. The summed E-state index contributed by atoms with van der Waals surface area (Å²) in [4.78, 5) is 5.14. The fourth-order valence-electron chi connectivity index (χ4n) is 3.53. The van der Waals surface area contributed by atoms with E-state index in [9.17, 15) is 0 Å². The van der Waals surface area contributed by atoms with E-state index in [4.69, 9.17) is 5.73 Å². The monoisotopic (exact) mass is 259 g/mol. The van der Waals surface area contributed by atoms with E-state index in [1.807, 2.05) is 6.92 Å². The van der Waals surface area contributed by atoms with Gasteiger partial charge in [0.05, 0.1) is 0 Å². The van der Waals surface area contributed by atoms with E-state index in [1.54, 1.807) is 0 Å². The van der Waals surface area contributed by atoms with Crippen LogP contribution in [0.15, 0.2) is 24.3 Å². The van der Waals surface area contributed by atoms with Crippen LogP contribution < -0.4 is 10.6 Å². The van der Waals surface area contributed by atoms with Gasteiger partial charge in [-0.1, -0.05) is 12.1 Å². The topological polar surface area (TPSA) is 32.5 Å². The molecule has 2 heterocycles. The Bertz CT molecular complexity index is 426. The van der Waals surface area contributed by atoms with Gasteiger partial charge in [-0.25, -0.2) is 0 Å². The van der Waals surface area contributed by atoms with E-state index in [2.05, 4.69) is 41.1 Å². The lowest BCUT2D eigenvalue weighted by molar-refractivity contribution is 0.254. The van der Waals surface area contributed by atoms with Crippen LogP contribution in [0.25, 0.3) is 0 Å². The van der Waals surface area contributed by atoms with Crippen molar-refractivity contribution in [2.24, 2.45) is 5.73 Å². The van der Waals surface area contributed by atoms with E-state index in [0.717, 1.165) is 12.1 Å². The number of anilines is 1. The van der Waals surface area contributed by atoms with Crippen LogP contribution in [0.3, 0.4) is 0 Å². The average molecular weight is 259 g/mol. The van der Waals surface area contributed by atoms with Gasteiger partial charge >= 0.3 is 0 Å². The highest BCUT2D eigenvalue weighted by Crippen LogP contribution is 2.30. The molecular formula is C16H25N3. The first-order chi connectivity index (χ1) is 9.15. The molecule has 2 fully saturated rings. The molecule has 2 bridgehead atoms. The van der Waals surface area contributed by atoms with Crippen LogP contribution in [0.5, 0.6) is 0 Å². The molecule has 104 valence electrons. The van der Waals surface area contributed by atoms with Crippen LogP contribution in [-0.4, -0.2) is 37.1 Å². The summed E-state index contributed by atoms with van der Waals surface area (Å²) < 4.78 is 0. The Morgan fingerprint density at radius 2 is 1.79 bits per heavy atom. The second-order valence-corrected chi connectivity index (χ2v) is 6.17. The molecule has 0 radical (unpaired) electrons. The first-order valence-electron chi connectivity index (χ1n) is 7.47. The van der Waals surface area contributed by atoms with Crippen LogP contribution >= 0.6 is 0 Å². The van der Waals surface area contributed by atoms with Crippen molar-refractivity contribution in [3.63, 3.8) is 0 Å². The smallest absolute Gasteiger partial charge is 0.0366 e. The summed E-state index contributed by atoms with van der Waals surface area (Å²) in [5.41, 5.74) is 8.49. The Balaban J connectivity index is 1.75. The maximum atomic E-state index is 5.91. The van der Waals surface area contributed by atoms with Crippen LogP contribution in [0, 0.1) is 0 Å². The molecule has 0 saturated carbocycles. The molecule has 2 aliphatic heterocycles. The zero-order valence-electron chi connectivity index (χ0n) is 12.0. The lowest BCUT2D eigenvalue weighted by Gasteiger charge is -2.27. The normalized spacial score (nSPS) is 29.3. The molecule has 0 amide bonds. The molecule has 3 heteroatoms. The second kappa shape index (κ2) is 5.14. The minimum absolute atomic E-state index is 0.125. The first kappa shape index (κ1) is 12.9. The lowest BCUT2D eigenvalue weighted by Crippen LogP contribution is -2.36. The molecule has 3 atom stereocenters. The number of nitrogens with zero attached hydrogens (tertiary/aromatic N) is 2. The van der Waals surface area contributed by atoms with Crippen molar-refractivity contribution in [1.82, 2.24) is 4.90 Å². The maximum absolute atomic E-state index is 5.91. The van der Waals surface area contributed by atoms with Gasteiger partial charge in [0.15, 0.2) is 0 Å². The Kier molecular flexibility index (Phi) is 3.50. The Labute approximate surface area is 116 Å². The molecule has 2 aliphatic rings. The second-order valence-electron chi connectivity index (χ2n) is 6.17. The number of fused-ring (bicyclic) bond motifs is 2. The predicted octanol–water partition coefficient (Wildman–Crippen LogP) is 2.38. The molecule has 1 aromatic carbocycles. The van der Waals surface area contributed by atoms with Crippen LogP contribution in [0.1, 0.15) is 37.8 Å².